The maximum Gasteiger partial charge on any atom is 0.300 e. The fourth-order valence-electron chi connectivity index (χ4n) is 3.98. The molecule has 156 valence electrons. The van der Waals surface area contributed by atoms with Crippen LogP contribution in [0.2, 0.25) is 0 Å². The first-order chi connectivity index (χ1) is 14.8. The topological polar surface area (TPSA) is 77.8 Å². The van der Waals surface area contributed by atoms with E-state index in [4.69, 9.17) is 0 Å². The zero-order chi connectivity index (χ0) is 22.3. The van der Waals surface area contributed by atoms with Crippen LogP contribution in [-0.4, -0.2) is 21.9 Å². The number of para-hydroxylation sites is 2. The van der Waals surface area contributed by atoms with Crippen LogP contribution in [0.1, 0.15) is 33.9 Å². The van der Waals surface area contributed by atoms with E-state index < -0.39 is 17.7 Å². The van der Waals surface area contributed by atoms with E-state index in [1.165, 1.54) is 11.0 Å². The van der Waals surface area contributed by atoms with Crippen LogP contribution in [0.3, 0.4) is 0 Å². The van der Waals surface area contributed by atoms with E-state index >= 15 is 0 Å². The Bertz CT molecular complexity index is 1240. The van der Waals surface area contributed by atoms with Crippen LogP contribution in [0, 0.1) is 20.8 Å². The molecule has 1 aliphatic heterocycles. The van der Waals surface area contributed by atoms with Crippen molar-refractivity contribution in [3.05, 3.63) is 100 Å². The standard InChI is InChI=1S/C26H23NO4/c1-15-12-13-18(14-17(15)3)24(29)22-23(19-9-5-4-8-16(19)2)27(26(31)25(22)30)20-10-6-7-11-21(20)28/h4-14,23,28-29H,1-3H3/b24-22+. The minimum Gasteiger partial charge on any atom is -0.507 e. The summed E-state index contributed by atoms with van der Waals surface area (Å²) in [4.78, 5) is 27.6. The van der Waals surface area contributed by atoms with Gasteiger partial charge in [-0.1, -0.05) is 48.5 Å². The fraction of sp³-hybridized carbons (Fsp3) is 0.154. The van der Waals surface area contributed by atoms with Gasteiger partial charge in [-0.25, -0.2) is 0 Å². The predicted octanol–water partition coefficient (Wildman–Crippen LogP) is 4.94. The summed E-state index contributed by atoms with van der Waals surface area (Å²) in [6.45, 7) is 5.77. The summed E-state index contributed by atoms with van der Waals surface area (Å²) in [6.07, 6.45) is 0. The molecule has 31 heavy (non-hydrogen) atoms. The molecule has 0 saturated carbocycles. The molecular formula is C26H23NO4. The Morgan fingerprint density at radius 3 is 2.19 bits per heavy atom. The lowest BCUT2D eigenvalue weighted by Crippen LogP contribution is -2.29. The van der Waals surface area contributed by atoms with E-state index in [1.54, 1.807) is 30.3 Å². The molecule has 4 rings (SSSR count). The number of phenols is 1. The number of aliphatic hydroxyl groups is 1. The van der Waals surface area contributed by atoms with E-state index in [2.05, 4.69) is 0 Å². The van der Waals surface area contributed by atoms with Gasteiger partial charge in [-0.05, 0) is 61.2 Å². The van der Waals surface area contributed by atoms with Gasteiger partial charge in [0.1, 0.15) is 11.5 Å². The molecule has 1 atom stereocenters. The Morgan fingerprint density at radius 2 is 1.52 bits per heavy atom. The number of anilines is 1. The molecule has 3 aromatic carbocycles. The van der Waals surface area contributed by atoms with E-state index in [0.29, 0.717) is 11.1 Å². The number of benzene rings is 3. The van der Waals surface area contributed by atoms with Gasteiger partial charge in [-0.15, -0.1) is 0 Å². The molecule has 0 radical (unpaired) electrons. The number of ketones is 1. The highest BCUT2D eigenvalue weighted by Crippen LogP contribution is 2.45. The average Bonchev–Trinajstić information content (AvgIpc) is 3.01. The maximum atomic E-state index is 13.2. The quantitative estimate of drug-likeness (QED) is 0.362. The Morgan fingerprint density at radius 1 is 0.839 bits per heavy atom. The number of nitrogens with zero attached hydrogens (tertiary/aromatic N) is 1. The van der Waals surface area contributed by atoms with Gasteiger partial charge in [0, 0.05) is 5.56 Å². The average molecular weight is 413 g/mol. The van der Waals surface area contributed by atoms with Crippen LogP contribution in [0.5, 0.6) is 5.75 Å². The Kier molecular flexibility index (Phi) is 5.11. The minimum absolute atomic E-state index is 0.00538. The number of amides is 1. The third kappa shape index (κ3) is 3.38. The number of rotatable bonds is 3. The summed E-state index contributed by atoms with van der Waals surface area (Å²) in [5, 5.41) is 21.6. The van der Waals surface area contributed by atoms with Crippen LogP contribution in [0.15, 0.2) is 72.3 Å². The Labute approximate surface area is 180 Å². The minimum atomic E-state index is -0.865. The number of aromatic hydroxyl groups is 1. The molecule has 1 saturated heterocycles. The summed E-state index contributed by atoms with van der Waals surface area (Å²) < 4.78 is 0. The number of carbonyl (C=O) groups excluding carboxylic acids is 2. The van der Waals surface area contributed by atoms with Crippen molar-refractivity contribution in [3.63, 3.8) is 0 Å². The molecular weight excluding hydrogens is 390 g/mol. The number of phenolic OH excluding ortho intramolecular Hbond substituents is 1. The molecule has 0 spiro atoms. The van der Waals surface area contributed by atoms with Gasteiger partial charge in [-0.3, -0.25) is 14.5 Å². The van der Waals surface area contributed by atoms with E-state index in [9.17, 15) is 19.8 Å². The van der Waals surface area contributed by atoms with Crippen LogP contribution >= 0.6 is 0 Å². The number of aliphatic hydroxyl groups excluding tert-OH is 1. The second-order valence-electron chi connectivity index (χ2n) is 7.81. The normalized spacial score (nSPS) is 17.9. The number of hydrogen-bond acceptors (Lipinski definition) is 4. The van der Waals surface area contributed by atoms with Crippen molar-refractivity contribution in [1.29, 1.82) is 0 Å². The SMILES string of the molecule is Cc1ccc(/C(O)=C2\C(=O)C(=O)N(c3ccccc3O)C2c2ccccc2C)cc1C. The molecule has 2 N–H and O–H groups in total. The molecule has 5 heteroatoms. The van der Waals surface area contributed by atoms with E-state index in [-0.39, 0.29) is 22.8 Å². The highest BCUT2D eigenvalue weighted by atomic mass is 16.3. The third-order valence-electron chi connectivity index (χ3n) is 5.85. The van der Waals surface area contributed by atoms with Crippen molar-refractivity contribution in [2.45, 2.75) is 26.8 Å². The molecule has 1 aliphatic rings. The molecule has 1 heterocycles. The molecule has 1 amide bonds. The highest BCUT2D eigenvalue weighted by Gasteiger charge is 2.48. The monoisotopic (exact) mass is 413 g/mol. The van der Waals surface area contributed by atoms with Gasteiger partial charge in [0.25, 0.3) is 11.7 Å². The van der Waals surface area contributed by atoms with Crippen molar-refractivity contribution < 1.29 is 19.8 Å². The molecule has 1 unspecified atom stereocenters. The molecule has 0 aromatic heterocycles. The Balaban J connectivity index is 2.00. The Hall–Kier alpha value is -3.86. The highest BCUT2D eigenvalue weighted by molar-refractivity contribution is 6.52. The zero-order valence-electron chi connectivity index (χ0n) is 17.6. The number of hydrogen-bond donors (Lipinski definition) is 2. The van der Waals surface area contributed by atoms with Gasteiger partial charge in [0.2, 0.25) is 0 Å². The van der Waals surface area contributed by atoms with Crippen molar-refractivity contribution in [1.82, 2.24) is 0 Å². The number of carbonyl (C=O) groups is 2. The summed E-state index contributed by atoms with van der Waals surface area (Å²) in [6, 6.07) is 18.3. The smallest absolute Gasteiger partial charge is 0.300 e. The first kappa shape index (κ1) is 20.4. The van der Waals surface area contributed by atoms with Crippen LogP contribution < -0.4 is 4.90 Å². The molecule has 0 bridgehead atoms. The van der Waals surface area contributed by atoms with Gasteiger partial charge in [0.15, 0.2) is 0 Å². The summed E-state index contributed by atoms with van der Waals surface area (Å²) in [7, 11) is 0. The second-order valence-corrected chi connectivity index (χ2v) is 7.81. The summed E-state index contributed by atoms with van der Waals surface area (Å²) >= 11 is 0. The number of aryl methyl sites for hydroxylation is 3. The van der Waals surface area contributed by atoms with E-state index in [0.717, 1.165) is 16.7 Å². The molecule has 5 nitrogen and oxygen atoms in total. The lowest BCUT2D eigenvalue weighted by atomic mass is 9.92. The van der Waals surface area contributed by atoms with Gasteiger partial charge in [-0.2, -0.15) is 0 Å². The predicted molar refractivity (Wildman–Crippen MR) is 120 cm³/mol. The van der Waals surface area contributed by atoms with Crippen molar-refractivity contribution in [2.75, 3.05) is 4.90 Å². The number of Topliss-reactive ketones (excluding diaryl/α,β-unsaturated/α-hetero) is 1. The van der Waals surface area contributed by atoms with E-state index in [1.807, 2.05) is 51.1 Å². The van der Waals surface area contributed by atoms with Gasteiger partial charge < -0.3 is 10.2 Å². The summed E-state index contributed by atoms with van der Waals surface area (Å²) in [5.74, 6) is -1.92. The van der Waals surface area contributed by atoms with Crippen molar-refractivity contribution in [2.24, 2.45) is 0 Å². The maximum absolute atomic E-state index is 13.2. The molecule has 1 fully saturated rings. The van der Waals surface area contributed by atoms with Crippen molar-refractivity contribution >= 4 is 23.1 Å². The van der Waals surface area contributed by atoms with Crippen LogP contribution in [-0.2, 0) is 9.59 Å². The first-order valence-electron chi connectivity index (χ1n) is 10.0. The van der Waals surface area contributed by atoms with Gasteiger partial charge in [0.05, 0.1) is 17.3 Å². The first-order valence-corrected chi connectivity index (χ1v) is 10.0. The second kappa shape index (κ2) is 7.76. The largest absolute Gasteiger partial charge is 0.507 e. The lowest BCUT2D eigenvalue weighted by molar-refractivity contribution is -0.132. The fourth-order valence-corrected chi connectivity index (χ4v) is 3.98. The third-order valence-corrected chi connectivity index (χ3v) is 5.85. The molecule has 3 aromatic rings. The summed E-state index contributed by atoms with van der Waals surface area (Å²) in [5.41, 5.74) is 4.28. The van der Waals surface area contributed by atoms with Gasteiger partial charge >= 0.3 is 0 Å². The molecule has 0 aliphatic carbocycles. The van der Waals surface area contributed by atoms with Crippen LogP contribution in [0.4, 0.5) is 5.69 Å². The van der Waals surface area contributed by atoms with Crippen molar-refractivity contribution in [3.8, 4) is 5.75 Å². The lowest BCUT2D eigenvalue weighted by Gasteiger charge is -2.27. The van der Waals surface area contributed by atoms with Crippen LogP contribution in [0.25, 0.3) is 5.76 Å². The zero-order valence-corrected chi connectivity index (χ0v) is 17.6.